The van der Waals surface area contributed by atoms with Gasteiger partial charge in [-0.2, -0.15) is 9.61 Å². The maximum Gasteiger partial charge on any atom is 0.222 e. The molecular weight excluding hydrogens is 394 g/mol. The van der Waals surface area contributed by atoms with Gasteiger partial charge in [-0.25, -0.2) is 4.98 Å². The molecule has 3 heterocycles. The Labute approximate surface area is 159 Å². The Morgan fingerprint density at radius 2 is 1.92 bits per heavy atom. The molecule has 130 valence electrons. The van der Waals surface area contributed by atoms with Crippen LogP contribution in [0.2, 0.25) is 0 Å². The fraction of sp³-hybridized carbons (Fsp3) is 0.105. The van der Waals surface area contributed by atoms with E-state index in [1.807, 2.05) is 60.9 Å². The Balaban J connectivity index is 1.68. The first kappa shape index (κ1) is 16.5. The van der Waals surface area contributed by atoms with Crippen molar-refractivity contribution in [3.8, 4) is 11.3 Å². The van der Waals surface area contributed by atoms with Gasteiger partial charge in [-0.05, 0) is 21.5 Å². The summed E-state index contributed by atoms with van der Waals surface area (Å²) in [4.78, 5) is 9.86. The molecule has 0 saturated heterocycles. The Morgan fingerprint density at radius 3 is 2.65 bits per heavy atom. The molecule has 0 aliphatic heterocycles. The van der Waals surface area contributed by atoms with E-state index in [9.17, 15) is 0 Å². The number of rotatable bonds is 5. The summed E-state index contributed by atoms with van der Waals surface area (Å²) >= 11 is 3.53. The number of fused-ring (bicyclic) bond motifs is 1. The molecule has 26 heavy (non-hydrogen) atoms. The van der Waals surface area contributed by atoms with Crippen LogP contribution in [0.25, 0.3) is 16.9 Å². The molecule has 0 aliphatic rings. The lowest BCUT2D eigenvalue weighted by atomic mass is 10.1. The topological polar surface area (TPSA) is 55.3 Å². The average Bonchev–Trinajstić information content (AvgIpc) is 3.08. The number of aromatic nitrogens is 4. The number of benzene rings is 1. The van der Waals surface area contributed by atoms with Gasteiger partial charge in [-0.1, -0.05) is 30.3 Å². The zero-order valence-corrected chi connectivity index (χ0v) is 15.7. The van der Waals surface area contributed by atoms with Gasteiger partial charge in [0.1, 0.15) is 12.9 Å². The highest BCUT2D eigenvalue weighted by Crippen LogP contribution is 2.26. The van der Waals surface area contributed by atoms with E-state index >= 15 is 0 Å². The molecule has 0 fully saturated rings. The average molecular weight is 411 g/mol. The molecule has 0 unspecified atom stereocenters. The predicted octanol–water partition coefficient (Wildman–Crippen LogP) is 3.12. The molecule has 3 aromatic heterocycles. The van der Waals surface area contributed by atoms with Gasteiger partial charge in [0.05, 0.1) is 16.4 Å². The molecule has 1 aromatic carbocycles. The van der Waals surface area contributed by atoms with E-state index in [1.54, 1.807) is 22.6 Å². The summed E-state index contributed by atoms with van der Waals surface area (Å²) in [5, 5.41) is 7.87. The van der Waals surface area contributed by atoms with Gasteiger partial charge in [-0.3, -0.25) is 4.84 Å². The van der Waals surface area contributed by atoms with Crippen LogP contribution in [-0.4, -0.2) is 21.7 Å². The lowest BCUT2D eigenvalue weighted by Crippen LogP contribution is -2.39. The van der Waals surface area contributed by atoms with Crippen LogP contribution in [0.15, 0.2) is 71.6 Å². The summed E-state index contributed by atoms with van der Waals surface area (Å²) in [6, 6.07) is 16.1. The quantitative estimate of drug-likeness (QED) is 0.513. The summed E-state index contributed by atoms with van der Waals surface area (Å²) in [5.41, 5.74) is 3.87. The van der Waals surface area contributed by atoms with Crippen molar-refractivity contribution in [1.82, 2.24) is 14.6 Å². The van der Waals surface area contributed by atoms with Crippen molar-refractivity contribution in [3.05, 3.63) is 77.2 Å². The van der Waals surface area contributed by atoms with Gasteiger partial charge >= 0.3 is 0 Å². The summed E-state index contributed by atoms with van der Waals surface area (Å²) < 4.78 is 4.31. The number of nitrogens with one attached hydrogen (secondary N) is 1. The fourth-order valence-corrected chi connectivity index (χ4v) is 3.04. The summed E-state index contributed by atoms with van der Waals surface area (Å²) in [7, 11) is 1.63. The third-order valence-corrected chi connectivity index (χ3v) is 4.61. The Bertz CT molecular complexity index is 1030. The monoisotopic (exact) mass is 410 g/mol. The van der Waals surface area contributed by atoms with E-state index < -0.39 is 0 Å². The summed E-state index contributed by atoms with van der Waals surface area (Å²) in [5.74, 6) is 0.878. The van der Waals surface area contributed by atoms with Gasteiger partial charge in [0.25, 0.3) is 0 Å². The lowest BCUT2D eigenvalue weighted by molar-refractivity contribution is -0.885. The molecular formula is C19H17BrN5O+. The van der Waals surface area contributed by atoms with Crippen molar-refractivity contribution in [2.45, 2.75) is 6.54 Å². The van der Waals surface area contributed by atoms with Crippen LogP contribution in [-0.2, 0) is 6.54 Å². The summed E-state index contributed by atoms with van der Waals surface area (Å²) in [6.45, 7) is 0.662. The third kappa shape index (κ3) is 3.25. The molecule has 1 N–H and O–H groups in total. The normalized spacial score (nSPS) is 10.8. The number of nitrogens with zero attached hydrogens (tertiary/aromatic N) is 4. The zero-order valence-electron chi connectivity index (χ0n) is 14.1. The minimum atomic E-state index is 0.662. The van der Waals surface area contributed by atoms with Crippen LogP contribution < -0.4 is 14.9 Å². The minimum Gasteiger partial charge on any atom is -0.366 e. The van der Waals surface area contributed by atoms with Crippen molar-refractivity contribution >= 4 is 27.4 Å². The zero-order chi connectivity index (χ0) is 17.9. The Morgan fingerprint density at radius 1 is 1.15 bits per heavy atom. The molecule has 0 amide bonds. The number of pyridine rings is 1. The van der Waals surface area contributed by atoms with Crippen LogP contribution in [0.4, 0.5) is 5.82 Å². The van der Waals surface area contributed by atoms with E-state index in [0.29, 0.717) is 6.54 Å². The second-order valence-electron chi connectivity index (χ2n) is 5.72. The molecule has 0 atom stereocenters. The van der Waals surface area contributed by atoms with Crippen molar-refractivity contribution in [1.29, 1.82) is 0 Å². The highest BCUT2D eigenvalue weighted by atomic mass is 79.9. The molecule has 0 spiro atoms. The standard InChI is InChI=1S/C19H17BrN5O/c1-26-24-9-7-14(8-10-24)12-21-18-11-17(15-5-3-2-4-6-15)23-19-16(20)13-22-25(18)19/h2-11,13,21H,12H2,1H3/q+1. The first-order valence-corrected chi connectivity index (χ1v) is 8.92. The highest BCUT2D eigenvalue weighted by molar-refractivity contribution is 9.10. The van der Waals surface area contributed by atoms with Crippen LogP contribution in [0.3, 0.4) is 0 Å². The molecule has 0 bridgehead atoms. The van der Waals surface area contributed by atoms with Crippen LogP contribution in [0, 0.1) is 0 Å². The molecule has 0 radical (unpaired) electrons. The molecule has 7 heteroatoms. The minimum absolute atomic E-state index is 0.662. The molecule has 0 aliphatic carbocycles. The van der Waals surface area contributed by atoms with E-state index in [4.69, 9.17) is 9.82 Å². The first-order chi connectivity index (χ1) is 12.7. The van der Waals surface area contributed by atoms with E-state index in [-0.39, 0.29) is 0 Å². The van der Waals surface area contributed by atoms with Gasteiger partial charge in [0.15, 0.2) is 5.65 Å². The van der Waals surface area contributed by atoms with Gasteiger partial charge in [0.2, 0.25) is 12.4 Å². The lowest BCUT2D eigenvalue weighted by Gasteiger charge is -2.11. The maximum atomic E-state index is 5.13. The maximum absolute atomic E-state index is 5.13. The van der Waals surface area contributed by atoms with E-state index in [0.717, 1.165) is 32.8 Å². The van der Waals surface area contributed by atoms with Crippen LogP contribution in [0.1, 0.15) is 5.56 Å². The highest BCUT2D eigenvalue weighted by Gasteiger charge is 2.11. The first-order valence-electron chi connectivity index (χ1n) is 8.13. The Hall–Kier alpha value is -2.93. The van der Waals surface area contributed by atoms with Gasteiger partial charge in [-0.15, -0.1) is 0 Å². The van der Waals surface area contributed by atoms with E-state index in [1.165, 1.54) is 0 Å². The molecule has 6 nitrogen and oxygen atoms in total. The second kappa shape index (κ2) is 7.13. The van der Waals surface area contributed by atoms with Crippen molar-refractivity contribution in [2.75, 3.05) is 12.4 Å². The number of hydrogen-bond donors (Lipinski definition) is 1. The van der Waals surface area contributed by atoms with Gasteiger partial charge in [0, 0.05) is 35.0 Å². The summed E-state index contributed by atoms with van der Waals surface area (Å²) in [6.07, 6.45) is 5.50. The molecule has 0 saturated carbocycles. The fourth-order valence-electron chi connectivity index (χ4n) is 2.69. The number of anilines is 1. The van der Waals surface area contributed by atoms with Crippen molar-refractivity contribution in [3.63, 3.8) is 0 Å². The SMILES string of the molecule is CO[n+]1ccc(CNc2cc(-c3ccccc3)nc3c(Br)cnn23)cc1. The van der Waals surface area contributed by atoms with E-state index in [2.05, 4.69) is 26.3 Å². The van der Waals surface area contributed by atoms with Crippen molar-refractivity contribution in [2.24, 2.45) is 0 Å². The Kier molecular flexibility index (Phi) is 4.53. The largest absolute Gasteiger partial charge is 0.366 e. The smallest absolute Gasteiger partial charge is 0.222 e. The van der Waals surface area contributed by atoms with Crippen molar-refractivity contribution < 1.29 is 9.57 Å². The molecule has 4 aromatic rings. The number of hydrogen-bond acceptors (Lipinski definition) is 4. The third-order valence-electron chi connectivity index (χ3n) is 4.05. The predicted molar refractivity (Wildman–Crippen MR) is 103 cm³/mol. The number of halogens is 1. The molecule has 4 rings (SSSR count). The van der Waals surface area contributed by atoms with Crippen LogP contribution >= 0.6 is 15.9 Å². The van der Waals surface area contributed by atoms with Gasteiger partial charge < -0.3 is 5.32 Å². The van der Waals surface area contributed by atoms with Crippen LogP contribution in [0.5, 0.6) is 0 Å². The second-order valence-corrected chi connectivity index (χ2v) is 6.58.